The standard InChI is InChI=1S/C11H16BrN3OS/c12-10-2-1-9(17-10)3-4-14-11(16)15-7-5-13-6-8-15/h1-2,13H,3-8H2,(H,14,16). The third kappa shape index (κ3) is 3.97. The van der Waals surface area contributed by atoms with E-state index in [0.717, 1.165) is 36.4 Å². The van der Waals surface area contributed by atoms with Crippen LogP contribution in [0.15, 0.2) is 15.9 Å². The van der Waals surface area contributed by atoms with Crippen LogP contribution in [0.2, 0.25) is 0 Å². The van der Waals surface area contributed by atoms with Crippen molar-refractivity contribution in [1.29, 1.82) is 0 Å². The van der Waals surface area contributed by atoms with Crippen molar-refractivity contribution >= 4 is 33.3 Å². The maximum absolute atomic E-state index is 11.8. The summed E-state index contributed by atoms with van der Waals surface area (Å²) in [6.07, 6.45) is 0.897. The molecule has 4 nitrogen and oxygen atoms in total. The van der Waals surface area contributed by atoms with Gasteiger partial charge in [-0.25, -0.2) is 4.79 Å². The van der Waals surface area contributed by atoms with Gasteiger partial charge in [-0.15, -0.1) is 11.3 Å². The van der Waals surface area contributed by atoms with Gasteiger partial charge in [0.15, 0.2) is 0 Å². The Morgan fingerprint density at radius 2 is 2.24 bits per heavy atom. The summed E-state index contributed by atoms with van der Waals surface area (Å²) in [5, 5.41) is 6.19. The van der Waals surface area contributed by atoms with Crippen molar-refractivity contribution < 1.29 is 4.79 Å². The smallest absolute Gasteiger partial charge is 0.317 e. The number of amides is 2. The molecule has 1 saturated heterocycles. The zero-order chi connectivity index (χ0) is 12.1. The van der Waals surface area contributed by atoms with Gasteiger partial charge in [-0.05, 0) is 34.5 Å². The maximum atomic E-state index is 11.8. The van der Waals surface area contributed by atoms with Gasteiger partial charge in [0.05, 0.1) is 3.79 Å². The Morgan fingerprint density at radius 3 is 2.88 bits per heavy atom. The Labute approximate surface area is 114 Å². The molecular formula is C11H16BrN3OS. The largest absolute Gasteiger partial charge is 0.338 e. The van der Waals surface area contributed by atoms with Crippen LogP contribution in [-0.4, -0.2) is 43.7 Å². The van der Waals surface area contributed by atoms with Crippen LogP contribution in [0.1, 0.15) is 4.88 Å². The van der Waals surface area contributed by atoms with E-state index in [0.29, 0.717) is 6.54 Å². The van der Waals surface area contributed by atoms with Gasteiger partial charge in [0.2, 0.25) is 0 Å². The van der Waals surface area contributed by atoms with Crippen LogP contribution in [0.25, 0.3) is 0 Å². The number of hydrogen-bond acceptors (Lipinski definition) is 3. The number of nitrogens with zero attached hydrogens (tertiary/aromatic N) is 1. The quantitative estimate of drug-likeness (QED) is 0.890. The molecule has 2 rings (SSSR count). The molecule has 0 unspecified atom stereocenters. The van der Waals surface area contributed by atoms with Gasteiger partial charge < -0.3 is 15.5 Å². The first-order valence-electron chi connectivity index (χ1n) is 5.73. The monoisotopic (exact) mass is 317 g/mol. The highest BCUT2D eigenvalue weighted by Crippen LogP contribution is 2.21. The molecule has 0 aromatic carbocycles. The highest BCUT2D eigenvalue weighted by atomic mass is 79.9. The summed E-state index contributed by atoms with van der Waals surface area (Å²) in [4.78, 5) is 14.9. The summed E-state index contributed by atoms with van der Waals surface area (Å²) in [6.45, 7) is 4.10. The lowest BCUT2D eigenvalue weighted by Gasteiger charge is -2.27. The normalized spacial score (nSPS) is 15.9. The van der Waals surface area contributed by atoms with Crippen LogP contribution in [0.3, 0.4) is 0 Å². The van der Waals surface area contributed by atoms with Crippen LogP contribution in [0, 0.1) is 0 Å². The second-order valence-electron chi connectivity index (χ2n) is 3.92. The average Bonchev–Trinajstić information content (AvgIpc) is 2.76. The van der Waals surface area contributed by atoms with Gasteiger partial charge in [-0.3, -0.25) is 0 Å². The summed E-state index contributed by atoms with van der Waals surface area (Å²) < 4.78 is 1.14. The summed E-state index contributed by atoms with van der Waals surface area (Å²) in [5.74, 6) is 0. The number of rotatable bonds is 3. The van der Waals surface area contributed by atoms with Crippen molar-refractivity contribution in [3.63, 3.8) is 0 Å². The minimum absolute atomic E-state index is 0.0575. The number of thiophene rings is 1. The number of halogens is 1. The average molecular weight is 318 g/mol. The van der Waals surface area contributed by atoms with E-state index in [1.165, 1.54) is 4.88 Å². The Kier molecular flexibility index (Phi) is 4.82. The first-order valence-corrected chi connectivity index (χ1v) is 7.34. The van der Waals surface area contributed by atoms with E-state index in [4.69, 9.17) is 0 Å². The predicted octanol–water partition coefficient (Wildman–Crippen LogP) is 1.67. The molecule has 1 aromatic heterocycles. The van der Waals surface area contributed by atoms with Crippen molar-refractivity contribution in [3.8, 4) is 0 Å². The summed E-state index contributed by atoms with van der Waals surface area (Å²) >= 11 is 5.15. The fraction of sp³-hybridized carbons (Fsp3) is 0.545. The SMILES string of the molecule is O=C(NCCc1ccc(Br)s1)N1CCNCC1. The molecule has 6 heteroatoms. The van der Waals surface area contributed by atoms with E-state index in [2.05, 4.69) is 32.6 Å². The molecule has 0 atom stereocenters. The van der Waals surface area contributed by atoms with Crippen molar-refractivity contribution in [2.45, 2.75) is 6.42 Å². The van der Waals surface area contributed by atoms with Crippen molar-refractivity contribution in [3.05, 3.63) is 20.8 Å². The van der Waals surface area contributed by atoms with E-state index in [-0.39, 0.29) is 6.03 Å². The van der Waals surface area contributed by atoms with Gasteiger partial charge >= 0.3 is 6.03 Å². The molecule has 0 radical (unpaired) electrons. The van der Waals surface area contributed by atoms with Gasteiger partial charge in [-0.2, -0.15) is 0 Å². The lowest BCUT2D eigenvalue weighted by Crippen LogP contribution is -2.50. The van der Waals surface area contributed by atoms with Crippen LogP contribution < -0.4 is 10.6 Å². The molecule has 0 aliphatic carbocycles. The third-order valence-electron chi connectivity index (χ3n) is 2.68. The molecular weight excluding hydrogens is 302 g/mol. The zero-order valence-corrected chi connectivity index (χ0v) is 11.9. The Hall–Kier alpha value is -0.590. The molecule has 2 N–H and O–H groups in total. The Morgan fingerprint density at radius 1 is 1.47 bits per heavy atom. The number of carbonyl (C=O) groups is 1. The fourth-order valence-electron chi connectivity index (χ4n) is 1.76. The number of carbonyl (C=O) groups excluding carboxylic acids is 1. The maximum Gasteiger partial charge on any atom is 0.317 e. The zero-order valence-electron chi connectivity index (χ0n) is 9.54. The highest BCUT2D eigenvalue weighted by Gasteiger charge is 2.15. The van der Waals surface area contributed by atoms with E-state index < -0.39 is 0 Å². The highest BCUT2D eigenvalue weighted by molar-refractivity contribution is 9.11. The molecule has 1 fully saturated rings. The predicted molar refractivity (Wildman–Crippen MR) is 73.6 cm³/mol. The van der Waals surface area contributed by atoms with Gasteiger partial charge in [0, 0.05) is 37.6 Å². The van der Waals surface area contributed by atoms with Gasteiger partial charge in [0.1, 0.15) is 0 Å². The van der Waals surface area contributed by atoms with E-state index in [1.54, 1.807) is 11.3 Å². The summed E-state index contributed by atoms with van der Waals surface area (Å²) in [7, 11) is 0. The van der Waals surface area contributed by atoms with Gasteiger partial charge in [-0.1, -0.05) is 0 Å². The number of piperazine rings is 1. The molecule has 2 amide bonds. The summed E-state index contributed by atoms with van der Waals surface area (Å²) in [6, 6.07) is 4.19. The van der Waals surface area contributed by atoms with Crippen molar-refractivity contribution in [2.24, 2.45) is 0 Å². The molecule has 94 valence electrons. The molecule has 1 aliphatic rings. The van der Waals surface area contributed by atoms with Gasteiger partial charge in [0.25, 0.3) is 0 Å². The fourth-order valence-corrected chi connectivity index (χ4v) is 3.24. The molecule has 0 saturated carbocycles. The minimum atomic E-state index is 0.0575. The lowest BCUT2D eigenvalue weighted by molar-refractivity contribution is 0.190. The first kappa shape index (κ1) is 12.9. The van der Waals surface area contributed by atoms with Crippen LogP contribution >= 0.6 is 27.3 Å². The molecule has 1 aliphatic heterocycles. The van der Waals surface area contributed by atoms with E-state index in [9.17, 15) is 4.79 Å². The van der Waals surface area contributed by atoms with Crippen LogP contribution in [0.4, 0.5) is 4.79 Å². The number of hydrogen-bond donors (Lipinski definition) is 2. The van der Waals surface area contributed by atoms with Crippen molar-refractivity contribution in [1.82, 2.24) is 15.5 Å². The van der Waals surface area contributed by atoms with Crippen LogP contribution in [0.5, 0.6) is 0 Å². The number of urea groups is 1. The molecule has 2 heterocycles. The summed E-state index contributed by atoms with van der Waals surface area (Å²) in [5.41, 5.74) is 0. The Bertz CT molecular complexity index is 377. The second kappa shape index (κ2) is 6.37. The lowest BCUT2D eigenvalue weighted by atomic mass is 10.3. The minimum Gasteiger partial charge on any atom is -0.338 e. The molecule has 0 spiro atoms. The second-order valence-corrected chi connectivity index (χ2v) is 6.47. The molecule has 17 heavy (non-hydrogen) atoms. The number of nitrogens with one attached hydrogen (secondary N) is 2. The van der Waals surface area contributed by atoms with E-state index >= 15 is 0 Å². The molecule has 1 aromatic rings. The molecule has 0 bridgehead atoms. The Balaban J connectivity index is 1.69. The first-order chi connectivity index (χ1) is 8.25. The van der Waals surface area contributed by atoms with E-state index in [1.807, 2.05) is 11.0 Å². The van der Waals surface area contributed by atoms with Crippen LogP contribution in [-0.2, 0) is 6.42 Å². The van der Waals surface area contributed by atoms with Crippen molar-refractivity contribution in [2.75, 3.05) is 32.7 Å². The topological polar surface area (TPSA) is 44.4 Å². The third-order valence-corrected chi connectivity index (χ3v) is 4.36.